The van der Waals surface area contributed by atoms with E-state index in [0.717, 1.165) is 4.90 Å². The molecule has 1 N–H and O–H groups in total. The Morgan fingerprint density at radius 1 is 0.913 bits per heavy atom. The predicted molar refractivity (Wildman–Crippen MR) is 86.9 cm³/mol. The van der Waals surface area contributed by atoms with Crippen LogP contribution in [0.15, 0.2) is 42.5 Å². The van der Waals surface area contributed by atoms with Gasteiger partial charge >= 0.3 is 0 Å². The zero-order valence-electron chi connectivity index (χ0n) is 11.7. The Bertz CT molecular complexity index is 819. The molecule has 1 heterocycles. The maximum Gasteiger partial charge on any atom is 0.262 e. The molecule has 1 aliphatic heterocycles. The molecule has 0 fully saturated rings. The molecule has 0 saturated heterocycles. The number of imide groups is 1. The van der Waals surface area contributed by atoms with Gasteiger partial charge in [-0.25, -0.2) is 0 Å². The number of hydrogen-bond acceptors (Lipinski definition) is 3. The van der Waals surface area contributed by atoms with E-state index in [1.54, 1.807) is 24.3 Å². The van der Waals surface area contributed by atoms with Crippen LogP contribution in [0.5, 0.6) is 0 Å². The van der Waals surface area contributed by atoms with Crippen molar-refractivity contribution >= 4 is 46.6 Å². The quantitative estimate of drug-likeness (QED) is 0.866. The van der Waals surface area contributed by atoms with Gasteiger partial charge in [0.05, 0.1) is 11.1 Å². The molecule has 2 aromatic carbocycles. The van der Waals surface area contributed by atoms with Gasteiger partial charge in [0, 0.05) is 15.7 Å². The summed E-state index contributed by atoms with van der Waals surface area (Å²) >= 11 is 11.6. The molecule has 0 bridgehead atoms. The zero-order valence-corrected chi connectivity index (χ0v) is 13.2. The van der Waals surface area contributed by atoms with Gasteiger partial charge in [0.25, 0.3) is 11.8 Å². The molecule has 3 amide bonds. The van der Waals surface area contributed by atoms with E-state index in [9.17, 15) is 14.4 Å². The molecule has 1 aliphatic rings. The van der Waals surface area contributed by atoms with Crippen molar-refractivity contribution in [1.29, 1.82) is 0 Å². The highest BCUT2D eigenvalue weighted by Crippen LogP contribution is 2.25. The highest BCUT2D eigenvalue weighted by atomic mass is 35.5. The topological polar surface area (TPSA) is 66.5 Å². The van der Waals surface area contributed by atoms with Crippen molar-refractivity contribution in [2.75, 3.05) is 11.9 Å². The number of nitrogens with one attached hydrogen (secondary N) is 1. The molecule has 0 aliphatic carbocycles. The largest absolute Gasteiger partial charge is 0.325 e. The molecule has 3 rings (SSSR count). The van der Waals surface area contributed by atoms with Gasteiger partial charge in [-0.05, 0) is 42.5 Å². The van der Waals surface area contributed by atoms with E-state index in [0.29, 0.717) is 15.7 Å². The number of halogens is 2. The van der Waals surface area contributed by atoms with E-state index >= 15 is 0 Å². The number of benzene rings is 2. The van der Waals surface area contributed by atoms with Gasteiger partial charge in [0.15, 0.2) is 0 Å². The van der Waals surface area contributed by atoms with E-state index in [1.807, 2.05) is 0 Å². The summed E-state index contributed by atoms with van der Waals surface area (Å²) in [6.07, 6.45) is 0. The lowest BCUT2D eigenvalue weighted by Crippen LogP contribution is -2.37. The number of hydrogen-bond donors (Lipinski definition) is 1. The van der Waals surface area contributed by atoms with Crippen molar-refractivity contribution < 1.29 is 14.4 Å². The van der Waals surface area contributed by atoms with Gasteiger partial charge in [0.1, 0.15) is 6.54 Å². The van der Waals surface area contributed by atoms with Gasteiger partial charge in [-0.15, -0.1) is 0 Å². The first kappa shape index (κ1) is 15.5. The molecule has 116 valence electrons. The maximum atomic E-state index is 12.2. The van der Waals surface area contributed by atoms with Crippen LogP contribution < -0.4 is 5.32 Å². The molecule has 23 heavy (non-hydrogen) atoms. The van der Waals surface area contributed by atoms with Gasteiger partial charge in [-0.3, -0.25) is 19.3 Å². The highest BCUT2D eigenvalue weighted by Gasteiger charge is 2.36. The fourth-order valence-corrected chi connectivity index (χ4v) is 2.58. The van der Waals surface area contributed by atoms with Crippen LogP contribution in [0.2, 0.25) is 10.0 Å². The number of nitrogens with zero attached hydrogens (tertiary/aromatic N) is 1. The lowest BCUT2D eigenvalue weighted by Gasteiger charge is -2.13. The Kier molecular flexibility index (Phi) is 4.07. The second-order valence-electron chi connectivity index (χ2n) is 4.94. The van der Waals surface area contributed by atoms with Crippen molar-refractivity contribution in [3.63, 3.8) is 0 Å². The minimum absolute atomic E-state index is 0.210. The van der Waals surface area contributed by atoms with E-state index in [-0.39, 0.29) is 17.7 Å². The van der Waals surface area contributed by atoms with E-state index < -0.39 is 17.7 Å². The van der Waals surface area contributed by atoms with Gasteiger partial charge < -0.3 is 5.32 Å². The summed E-state index contributed by atoms with van der Waals surface area (Å²) in [6, 6.07) is 10.9. The lowest BCUT2D eigenvalue weighted by molar-refractivity contribution is -0.116. The van der Waals surface area contributed by atoms with Crippen LogP contribution in [0.25, 0.3) is 0 Å². The first-order valence-electron chi connectivity index (χ1n) is 6.67. The summed E-state index contributed by atoms with van der Waals surface area (Å²) in [4.78, 5) is 37.4. The molecule has 0 spiro atoms. The van der Waals surface area contributed by atoms with Crippen LogP contribution in [0.1, 0.15) is 20.7 Å². The molecule has 0 unspecified atom stereocenters. The summed E-state index contributed by atoms with van der Waals surface area (Å²) < 4.78 is 0. The summed E-state index contributed by atoms with van der Waals surface area (Å²) in [6.45, 7) is -0.368. The number of rotatable bonds is 3. The lowest BCUT2D eigenvalue weighted by atomic mass is 10.1. The summed E-state index contributed by atoms with van der Waals surface area (Å²) in [5.74, 6) is -1.51. The van der Waals surface area contributed by atoms with Crippen LogP contribution in [0.3, 0.4) is 0 Å². The van der Waals surface area contributed by atoms with Gasteiger partial charge in [-0.2, -0.15) is 0 Å². The normalized spacial score (nSPS) is 13.2. The first-order valence-corrected chi connectivity index (χ1v) is 7.42. The van der Waals surface area contributed by atoms with Crippen LogP contribution in [0, 0.1) is 0 Å². The number of amides is 3. The van der Waals surface area contributed by atoms with E-state index in [4.69, 9.17) is 23.2 Å². The monoisotopic (exact) mass is 348 g/mol. The summed E-state index contributed by atoms with van der Waals surface area (Å²) in [5.41, 5.74) is 0.986. The third kappa shape index (κ3) is 3.06. The zero-order chi connectivity index (χ0) is 16.6. The molecule has 7 heteroatoms. The van der Waals surface area contributed by atoms with Crippen LogP contribution >= 0.6 is 23.2 Å². The smallest absolute Gasteiger partial charge is 0.262 e. The number of fused-ring (bicyclic) bond motifs is 1. The molecular weight excluding hydrogens is 339 g/mol. The molecule has 2 aromatic rings. The second-order valence-corrected chi connectivity index (χ2v) is 5.81. The van der Waals surface area contributed by atoms with E-state index in [2.05, 4.69) is 5.32 Å². The van der Waals surface area contributed by atoms with Crippen molar-refractivity contribution in [2.24, 2.45) is 0 Å². The fraction of sp³-hybridized carbons (Fsp3) is 0.0625. The average Bonchev–Trinajstić information content (AvgIpc) is 2.74. The third-order valence-corrected chi connectivity index (χ3v) is 3.85. The second kappa shape index (κ2) is 6.02. The third-order valence-electron chi connectivity index (χ3n) is 3.36. The fourth-order valence-electron chi connectivity index (χ4n) is 2.28. The molecular formula is C16H10Cl2N2O3. The van der Waals surface area contributed by atoms with Crippen LogP contribution in [-0.4, -0.2) is 29.2 Å². The number of carbonyl (C=O) groups is 3. The van der Waals surface area contributed by atoms with Crippen molar-refractivity contribution in [3.8, 4) is 0 Å². The maximum absolute atomic E-state index is 12.2. The standard InChI is InChI=1S/C16H10Cl2N2O3/c17-9-1-4-11(5-2-9)19-14(21)8-20-15(22)12-6-3-10(18)7-13(12)16(20)23/h1-7H,8H2,(H,19,21). The summed E-state index contributed by atoms with van der Waals surface area (Å²) in [5, 5.41) is 3.51. The molecule has 0 aromatic heterocycles. The first-order chi connectivity index (χ1) is 11.0. The van der Waals surface area contributed by atoms with E-state index in [1.165, 1.54) is 18.2 Å². The number of carbonyl (C=O) groups excluding carboxylic acids is 3. The Hall–Kier alpha value is -2.37. The molecule has 0 radical (unpaired) electrons. The molecule has 0 saturated carbocycles. The van der Waals surface area contributed by atoms with Crippen molar-refractivity contribution in [2.45, 2.75) is 0 Å². The Balaban J connectivity index is 1.73. The minimum Gasteiger partial charge on any atom is -0.325 e. The molecule has 0 atom stereocenters. The average molecular weight is 349 g/mol. The van der Waals surface area contributed by atoms with Crippen molar-refractivity contribution in [3.05, 3.63) is 63.6 Å². The Morgan fingerprint density at radius 3 is 2.22 bits per heavy atom. The minimum atomic E-state index is -0.529. The molecule has 5 nitrogen and oxygen atoms in total. The SMILES string of the molecule is O=C(CN1C(=O)c2ccc(Cl)cc2C1=O)Nc1ccc(Cl)cc1. The number of anilines is 1. The predicted octanol–water partition coefficient (Wildman–Crippen LogP) is 3.23. The summed E-state index contributed by atoms with van der Waals surface area (Å²) in [7, 11) is 0. The Morgan fingerprint density at radius 2 is 1.52 bits per heavy atom. The van der Waals surface area contributed by atoms with Gasteiger partial charge in [0.2, 0.25) is 5.91 Å². The van der Waals surface area contributed by atoms with Crippen LogP contribution in [0.4, 0.5) is 5.69 Å². The van der Waals surface area contributed by atoms with Gasteiger partial charge in [-0.1, -0.05) is 23.2 Å². The van der Waals surface area contributed by atoms with Crippen LogP contribution in [-0.2, 0) is 4.79 Å². The highest BCUT2D eigenvalue weighted by molar-refractivity contribution is 6.32. The van der Waals surface area contributed by atoms with Crippen molar-refractivity contribution in [1.82, 2.24) is 4.90 Å². The Labute approximate surface area is 141 Å².